The highest BCUT2D eigenvalue weighted by atomic mass is 35.5. The van der Waals surface area contributed by atoms with Crippen LogP contribution in [0.1, 0.15) is 36.2 Å². The first kappa shape index (κ1) is 14.6. The second-order valence-corrected chi connectivity index (χ2v) is 5.83. The maximum Gasteiger partial charge on any atom is 0.272 e. The van der Waals surface area contributed by atoms with Crippen LogP contribution in [0, 0.1) is 0 Å². The fraction of sp³-hybridized carbons (Fsp3) is 0.583. The van der Waals surface area contributed by atoms with E-state index in [0.717, 1.165) is 25.7 Å². The van der Waals surface area contributed by atoms with Gasteiger partial charge in [-0.05, 0) is 19.1 Å². The van der Waals surface area contributed by atoms with Crippen molar-refractivity contribution in [2.75, 3.05) is 12.9 Å². The molecule has 7 heteroatoms. The smallest absolute Gasteiger partial charge is 0.272 e. The number of rotatable bonds is 4. The first-order chi connectivity index (χ1) is 9.10. The zero-order valence-corrected chi connectivity index (χ0v) is 12.2. The minimum Gasteiger partial charge on any atom is -0.394 e. The van der Waals surface area contributed by atoms with E-state index in [1.807, 2.05) is 6.26 Å². The molecule has 104 valence electrons. The molecule has 0 aliphatic heterocycles. The summed E-state index contributed by atoms with van der Waals surface area (Å²) in [5.41, 5.74) is -0.356. The average Bonchev–Trinajstić information content (AvgIpc) is 2.88. The lowest BCUT2D eigenvalue weighted by Crippen LogP contribution is -2.49. The fourth-order valence-electron chi connectivity index (χ4n) is 2.28. The topological polar surface area (TPSA) is 75.1 Å². The van der Waals surface area contributed by atoms with Gasteiger partial charge in [-0.2, -0.15) is 0 Å². The van der Waals surface area contributed by atoms with Gasteiger partial charge in [-0.1, -0.05) is 36.2 Å². The van der Waals surface area contributed by atoms with Crippen molar-refractivity contribution < 1.29 is 9.90 Å². The number of aromatic nitrogens is 2. The third-order valence-electron chi connectivity index (χ3n) is 3.36. The second kappa shape index (κ2) is 6.07. The summed E-state index contributed by atoms with van der Waals surface area (Å²) in [5.74, 6) is -0.348. The van der Waals surface area contributed by atoms with Gasteiger partial charge in [0, 0.05) is 0 Å². The summed E-state index contributed by atoms with van der Waals surface area (Å²) in [6, 6.07) is 0. The average molecular weight is 302 g/mol. The summed E-state index contributed by atoms with van der Waals surface area (Å²) in [5, 5.41) is 13.1. The van der Waals surface area contributed by atoms with E-state index < -0.39 is 5.54 Å². The van der Waals surface area contributed by atoms with Crippen molar-refractivity contribution in [2.45, 2.75) is 36.4 Å². The molecule has 0 saturated heterocycles. The monoisotopic (exact) mass is 301 g/mol. The number of carbonyl (C=O) groups excluding carboxylic acids is 1. The highest BCUT2D eigenvalue weighted by Gasteiger charge is 2.35. The van der Waals surface area contributed by atoms with Crippen LogP contribution in [0.3, 0.4) is 0 Å². The largest absolute Gasteiger partial charge is 0.394 e. The standard InChI is InChI=1S/C12H16ClN3O2S/c1-19-11-14-6-8(13)9(15-11)10(18)16-12(7-17)4-2-3-5-12/h6,17H,2-5,7H2,1H3,(H,16,18). The van der Waals surface area contributed by atoms with Gasteiger partial charge >= 0.3 is 0 Å². The van der Waals surface area contributed by atoms with Crippen LogP contribution >= 0.6 is 23.4 Å². The molecule has 19 heavy (non-hydrogen) atoms. The summed E-state index contributed by atoms with van der Waals surface area (Å²) in [6.45, 7) is -0.0587. The van der Waals surface area contributed by atoms with Crippen molar-refractivity contribution in [2.24, 2.45) is 0 Å². The Hall–Kier alpha value is -0.850. The van der Waals surface area contributed by atoms with Gasteiger partial charge < -0.3 is 10.4 Å². The highest BCUT2D eigenvalue weighted by molar-refractivity contribution is 7.98. The molecule has 0 radical (unpaired) electrons. The molecule has 2 rings (SSSR count). The van der Waals surface area contributed by atoms with E-state index in [1.165, 1.54) is 18.0 Å². The van der Waals surface area contributed by atoms with E-state index in [2.05, 4.69) is 15.3 Å². The Kier molecular flexibility index (Phi) is 4.65. The summed E-state index contributed by atoms with van der Waals surface area (Å²) >= 11 is 7.31. The van der Waals surface area contributed by atoms with Gasteiger partial charge in [0.25, 0.3) is 5.91 Å². The summed E-state index contributed by atoms with van der Waals surface area (Å²) in [4.78, 5) is 20.4. The van der Waals surface area contributed by atoms with E-state index in [0.29, 0.717) is 5.16 Å². The molecule has 0 bridgehead atoms. The van der Waals surface area contributed by atoms with Crippen LogP contribution in [-0.2, 0) is 0 Å². The zero-order valence-electron chi connectivity index (χ0n) is 10.6. The Labute approximate surface area is 121 Å². The predicted molar refractivity (Wildman–Crippen MR) is 74.6 cm³/mol. The number of carbonyl (C=O) groups is 1. The van der Waals surface area contributed by atoms with Crippen LogP contribution in [0.25, 0.3) is 0 Å². The number of hydrogen-bond acceptors (Lipinski definition) is 5. The first-order valence-electron chi connectivity index (χ1n) is 6.10. The molecule has 1 aromatic heterocycles. The van der Waals surface area contributed by atoms with Crippen molar-refractivity contribution in [3.63, 3.8) is 0 Å². The SMILES string of the molecule is CSc1ncc(Cl)c(C(=O)NC2(CO)CCCC2)n1. The van der Waals surface area contributed by atoms with Crippen LogP contribution in [0.5, 0.6) is 0 Å². The molecule has 1 saturated carbocycles. The van der Waals surface area contributed by atoms with E-state index in [9.17, 15) is 9.90 Å². The highest BCUT2D eigenvalue weighted by Crippen LogP contribution is 2.29. The molecular formula is C12H16ClN3O2S. The third kappa shape index (κ3) is 3.19. The van der Waals surface area contributed by atoms with Crippen molar-refractivity contribution >= 4 is 29.3 Å². The Balaban J connectivity index is 2.19. The maximum absolute atomic E-state index is 12.2. The quantitative estimate of drug-likeness (QED) is 0.656. The van der Waals surface area contributed by atoms with Crippen LogP contribution in [0.2, 0.25) is 5.02 Å². The molecule has 2 N–H and O–H groups in total. The van der Waals surface area contributed by atoms with Gasteiger partial charge in [0.2, 0.25) is 0 Å². The molecule has 1 aromatic rings. The van der Waals surface area contributed by atoms with E-state index in [1.54, 1.807) is 0 Å². The molecule has 1 aliphatic carbocycles. The Morgan fingerprint density at radius 3 is 2.84 bits per heavy atom. The summed E-state index contributed by atoms with van der Waals surface area (Å²) < 4.78 is 0. The number of amides is 1. The van der Waals surface area contributed by atoms with E-state index >= 15 is 0 Å². The van der Waals surface area contributed by atoms with Crippen molar-refractivity contribution in [3.8, 4) is 0 Å². The van der Waals surface area contributed by atoms with E-state index in [4.69, 9.17) is 11.6 Å². The van der Waals surface area contributed by atoms with Gasteiger partial charge in [0.1, 0.15) is 0 Å². The molecule has 1 heterocycles. The summed E-state index contributed by atoms with van der Waals surface area (Å²) in [7, 11) is 0. The number of aliphatic hydroxyl groups excluding tert-OH is 1. The third-order valence-corrected chi connectivity index (χ3v) is 4.20. The number of hydrogen-bond donors (Lipinski definition) is 2. The molecule has 0 unspecified atom stereocenters. The van der Waals surface area contributed by atoms with Crippen LogP contribution < -0.4 is 5.32 Å². The zero-order chi connectivity index (χ0) is 13.9. The minimum absolute atomic E-state index is 0.0587. The molecule has 0 spiro atoms. The fourth-order valence-corrected chi connectivity index (χ4v) is 2.80. The Morgan fingerprint density at radius 2 is 2.26 bits per heavy atom. The van der Waals surface area contributed by atoms with Gasteiger partial charge in [-0.15, -0.1) is 0 Å². The van der Waals surface area contributed by atoms with Crippen molar-refractivity contribution in [1.29, 1.82) is 0 Å². The maximum atomic E-state index is 12.2. The second-order valence-electron chi connectivity index (χ2n) is 4.65. The molecule has 5 nitrogen and oxygen atoms in total. The Morgan fingerprint density at radius 1 is 1.58 bits per heavy atom. The normalized spacial score (nSPS) is 17.4. The van der Waals surface area contributed by atoms with Crippen LogP contribution in [0.4, 0.5) is 0 Å². The lowest BCUT2D eigenvalue weighted by Gasteiger charge is -2.27. The predicted octanol–water partition coefficient (Wildman–Crippen LogP) is 1.89. The number of halogens is 1. The van der Waals surface area contributed by atoms with Gasteiger partial charge in [0.05, 0.1) is 23.4 Å². The molecule has 0 aromatic carbocycles. The van der Waals surface area contributed by atoms with Crippen LogP contribution in [0.15, 0.2) is 11.4 Å². The van der Waals surface area contributed by atoms with Crippen molar-refractivity contribution in [1.82, 2.24) is 15.3 Å². The summed E-state index contributed by atoms with van der Waals surface area (Å²) in [6.07, 6.45) is 6.84. The number of nitrogens with one attached hydrogen (secondary N) is 1. The van der Waals surface area contributed by atoms with Gasteiger partial charge in [-0.3, -0.25) is 4.79 Å². The molecule has 0 atom stereocenters. The Bertz CT molecular complexity index is 478. The lowest BCUT2D eigenvalue weighted by atomic mass is 9.99. The molecule has 1 amide bonds. The number of thioether (sulfide) groups is 1. The molecule has 1 fully saturated rings. The first-order valence-corrected chi connectivity index (χ1v) is 7.70. The minimum atomic E-state index is -0.523. The number of aliphatic hydroxyl groups is 1. The van der Waals surface area contributed by atoms with Crippen LogP contribution in [-0.4, -0.2) is 39.4 Å². The van der Waals surface area contributed by atoms with Crippen molar-refractivity contribution in [3.05, 3.63) is 16.9 Å². The van der Waals surface area contributed by atoms with Gasteiger partial charge in [0.15, 0.2) is 10.9 Å². The van der Waals surface area contributed by atoms with E-state index in [-0.39, 0.29) is 23.2 Å². The lowest BCUT2D eigenvalue weighted by molar-refractivity contribution is 0.0832. The van der Waals surface area contributed by atoms with Gasteiger partial charge in [-0.25, -0.2) is 9.97 Å². The number of nitrogens with zero attached hydrogens (tertiary/aromatic N) is 2. The molecule has 1 aliphatic rings. The molecular weight excluding hydrogens is 286 g/mol.